The Morgan fingerprint density at radius 2 is 2.17 bits per heavy atom. The monoisotopic (exact) mass is 194 g/mol. The molecule has 0 saturated carbocycles. The molecule has 12 heavy (non-hydrogen) atoms. The molecule has 0 aromatic heterocycles. The van der Waals surface area contributed by atoms with E-state index in [0.29, 0.717) is 12.8 Å². The van der Waals surface area contributed by atoms with Gasteiger partial charge in [-0.3, -0.25) is 4.57 Å². The van der Waals surface area contributed by atoms with Gasteiger partial charge in [-0.25, -0.2) is 4.79 Å². The maximum Gasteiger partial charge on any atom is 0.350 e. The highest BCUT2D eigenvalue weighted by atomic mass is 31.2. The van der Waals surface area contributed by atoms with Crippen LogP contribution in [0.5, 0.6) is 0 Å². The molecule has 0 aromatic carbocycles. The van der Waals surface area contributed by atoms with Gasteiger partial charge in [0, 0.05) is 6.61 Å². The summed E-state index contributed by atoms with van der Waals surface area (Å²) in [6, 6.07) is 0. The van der Waals surface area contributed by atoms with Crippen molar-refractivity contribution < 1.29 is 23.9 Å². The van der Waals surface area contributed by atoms with E-state index in [2.05, 4.69) is 4.74 Å². The van der Waals surface area contributed by atoms with Crippen LogP contribution in [0, 0.1) is 0 Å². The minimum absolute atomic E-state index is 0.239. The van der Waals surface area contributed by atoms with Crippen LogP contribution in [0.3, 0.4) is 0 Å². The summed E-state index contributed by atoms with van der Waals surface area (Å²) in [7, 11) is -4.03. The molecule has 0 unspecified atom stereocenters. The second-order valence-corrected chi connectivity index (χ2v) is 3.75. The normalized spacial score (nSPS) is 10.8. The van der Waals surface area contributed by atoms with Gasteiger partial charge in [-0.2, -0.15) is 0 Å². The lowest BCUT2D eigenvalue weighted by Crippen LogP contribution is -1.97. The minimum atomic E-state index is -4.03. The van der Waals surface area contributed by atoms with Gasteiger partial charge in [-0.15, -0.1) is 0 Å². The Hall–Kier alpha value is -0.440. The average Bonchev–Trinajstić information content (AvgIpc) is 1.94. The van der Waals surface area contributed by atoms with Gasteiger partial charge in [-0.05, 0) is 18.9 Å². The number of rotatable bonds is 6. The molecule has 0 aliphatic rings. The van der Waals surface area contributed by atoms with Crippen LogP contribution in [0.4, 0.5) is 0 Å². The molecule has 0 atom stereocenters. The molecule has 0 aromatic rings. The van der Waals surface area contributed by atoms with Crippen molar-refractivity contribution in [3.8, 4) is 0 Å². The van der Waals surface area contributed by atoms with E-state index in [9.17, 15) is 9.36 Å². The van der Waals surface area contributed by atoms with Crippen LogP contribution < -0.4 is 0 Å². The molecule has 0 amide bonds. The Morgan fingerprint density at radius 3 is 2.67 bits per heavy atom. The van der Waals surface area contributed by atoms with Crippen molar-refractivity contribution in [3.63, 3.8) is 0 Å². The number of carbonyl (C=O) groups excluding carboxylic acids is 1. The van der Waals surface area contributed by atoms with E-state index in [4.69, 9.17) is 9.79 Å². The third kappa shape index (κ3) is 9.56. The fourth-order valence-electron chi connectivity index (χ4n) is 0.530. The zero-order valence-corrected chi connectivity index (χ0v) is 7.37. The lowest BCUT2D eigenvalue weighted by molar-refractivity contribution is 0.155. The average molecular weight is 194 g/mol. The smallest absolute Gasteiger partial charge is 0.350 e. The summed E-state index contributed by atoms with van der Waals surface area (Å²) in [5, 5.41) is 0. The van der Waals surface area contributed by atoms with Gasteiger partial charge in [0.1, 0.15) is 12.3 Å². The summed E-state index contributed by atoms with van der Waals surface area (Å²) in [6.07, 6.45) is 1.83. The van der Waals surface area contributed by atoms with E-state index < -0.39 is 13.9 Å². The van der Waals surface area contributed by atoms with Crippen LogP contribution in [-0.4, -0.2) is 28.7 Å². The molecular formula is C6H11O5P. The largest absolute Gasteiger partial charge is 0.369 e. The minimum Gasteiger partial charge on any atom is -0.369 e. The van der Waals surface area contributed by atoms with Crippen LogP contribution in [0.2, 0.25) is 0 Å². The first kappa shape index (κ1) is 11.6. The quantitative estimate of drug-likeness (QED) is 0.361. The Bertz CT molecular complexity index is 202. The summed E-state index contributed by atoms with van der Waals surface area (Å²) in [6.45, 7) is 0.239. The lowest BCUT2D eigenvalue weighted by Gasteiger charge is -2.03. The molecule has 0 heterocycles. The summed E-state index contributed by atoms with van der Waals surface area (Å²) in [4.78, 5) is 26.3. The number of hydrogen-bond acceptors (Lipinski definition) is 3. The first-order chi connectivity index (χ1) is 5.56. The van der Waals surface area contributed by atoms with Gasteiger partial charge in [0.2, 0.25) is 0 Å². The molecular weight excluding hydrogens is 183 g/mol. The molecule has 0 radical (unpaired) electrons. The molecule has 0 bridgehead atoms. The van der Waals surface area contributed by atoms with Crippen LogP contribution in [-0.2, 0) is 14.1 Å². The third-order valence-corrected chi connectivity index (χ3v) is 1.50. The Labute approximate surface area is 70.2 Å². The first-order valence-electron chi connectivity index (χ1n) is 3.38. The highest BCUT2D eigenvalue weighted by Crippen LogP contribution is 2.33. The fourth-order valence-corrected chi connectivity index (χ4v) is 0.897. The zero-order valence-electron chi connectivity index (χ0n) is 6.47. The highest BCUT2D eigenvalue weighted by Gasteiger charge is 2.11. The number of unbranched alkanes of at least 4 members (excludes halogenated alkanes) is 1. The third-order valence-electron chi connectivity index (χ3n) is 0.980. The Morgan fingerprint density at radius 1 is 1.50 bits per heavy atom. The van der Waals surface area contributed by atoms with E-state index >= 15 is 0 Å². The van der Waals surface area contributed by atoms with E-state index in [1.807, 2.05) is 0 Å². The van der Waals surface area contributed by atoms with Crippen molar-refractivity contribution >= 4 is 13.5 Å². The Balaban J connectivity index is 3.22. The predicted octanol–water partition coefficient (Wildman–Crippen LogP) is 0.306. The van der Waals surface area contributed by atoms with Crippen molar-refractivity contribution in [1.82, 2.24) is 0 Å². The lowest BCUT2D eigenvalue weighted by atomic mass is 10.3. The maximum absolute atomic E-state index is 10.2. The van der Waals surface area contributed by atoms with E-state index in [0.717, 1.165) is 0 Å². The molecule has 0 rings (SSSR count). The van der Waals surface area contributed by atoms with Crippen molar-refractivity contribution in [2.45, 2.75) is 12.8 Å². The van der Waals surface area contributed by atoms with Crippen molar-refractivity contribution in [3.05, 3.63) is 6.08 Å². The van der Waals surface area contributed by atoms with Crippen LogP contribution in [0.1, 0.15) is 12.8 Å². The summed E-state index contributed by atoms with van der Waals surface area (Å²) < 4.78 is 14.9. The molecule has 0 spiro atoms. The SMILES string of the molecule is O=C=CCCCOCP(=O)(O)O. The van der Waals surface area contributed by atoms with Gasteiger partial charge < -0.3 is 14.5 Å². The second-order valence-electron chi connectivity index (χ2n) is 2.17. The first-order valence-corrected chi connectivity index (χ1v) is 5.17. The van der Waals surface area contributed by atoms with Crippen LogP contribution >= 0.6 is 7.60 Å². The summed E-state index contributed by atoms with van der Waals surface area (Å²) in [5.74, 6) is 1.59. The number of ether oxygens (including phenoxy) is 1. The van der Waals surface area contributed by atoms with Crippen molar-refractivity contribution in [1.29, 1.82) is 0 Å². The van der Waals surface area contributed by atoms with Gasteiger partial charge in [-0.1, -0.05) is 0 Å². The Kier molecular flexibility index (Phi) is 5.89. The molecule has 0 aliphatic heterocycles. The van der Waals surface area contributed by atoms with E-state index in [1.54, 1.807) is 5.94 Å². The van der Waals surface area contributed by atoms with E-state index in [-0.39, 0.29) is 6.61 Å². The maximum atomic E-state index is 10.2. The van der Waals surface area contributed by atoms with Gasteiger partial charge in [0.05, 0.1) is 0 Å². The second kappa shape index (κ2) is 6.12. The van der Waals surface area contributed by atoms with Crippen molar-refractivity contribution in [2.75, 3.05) is 13.0 Å². The van der Waals surface area contributed by atoms with Gasteiger partial charge in [0.25, 0.3) is 0 Å². The number of allylic oxidation sites excluding steroid dienone is 1. The molecule has 0 fully saturated rings. The standard InChI is InChI=1S/C6H11O5P/c7-4-2-1-3-5-11-6-12(8,9)10/h2H,1,3,5-6H2,(H2,8,9,10). The molecule has 0 aliphatic carbocycles. The van der Waals surface area contributed by atoms with Crippen LogP contribution in [0.15, 0.2) is 6.08 Å². The summed E-state index contributed by atoms with van der Waals surface area (Å²) >= 11 is 0. The highest BCUT2D eigenvalue weighted by molar-refractivity contribution is 7.51. The molecule has 5 nitrogen and oxygen atoms in total. The summed E-state index contributed by atoms with van der Waals surface area (Å²) in [5.41, 5.74) is 0. The van der Waals surface area contributed by atoms with Crippen LogP contribution in [0.25, 0.3) is 0 Å². The topological polar surface area (TPSA) is 83.8 Å². The number of hydrogen-bond donors (Lipinski definition) is 2. The van der Waals surface area contributed by atoms with E-state index in [1.165, 1.54) is 6.08 Å². The zero-order chi connectivity index (χ0) is 9.45. The predicted molar refractivity (Wildman–Crippen MR) is 42.4 cm³/mol. The van der Waals surface area contributed by atoms with Gasteiger partial charge >= 0.3 is 7.60 Å². The molecule has 0 saturated heterocycles. The molecule has 70 valence electrons. The van der Waals surface area contributed by atoms with Gasteiger partial charge in [0.15, 0.2) is 0 Å². The molecule has 2 N–H and O–H groups in total. The molecule has 6 heteroatoms. The van der Waals surface area contributed by atoms with Crippen molar-refractivity contribution in [2.24, 2.45) is 0 Å². The fraction of sp³-hybridized carbons (Fsp3) is 0.667.